The number of hydrogen-bond acceptors (Lipinski definition) is 6. The minimum absolute atomic E-state index is 0.0131. The maximum absolute atomic E-state index is 11.5. The zero-order valence-corrected chi connectivity index (χ0v) is 12.1. The summed E-state index contributed by atoms with van der Waals surface area (Å²) in [6, 6.07) is 7.33. The van der Waals surface area contributed by atoms with Gasteiger partial charge in [0.15, 0.2) is 5.13 Å². The molecule has 0 saturated carbocycles. The average Bonchev–Trinajstić information content (AvgIpc) is 2.96. The maximum Gasteiger partial charge on any atom is 0.345 e. The van der Waals surface area contributed by atoms with E-state index in [0.29, 0.717) is 23.7 Å². The number of nitrogens with one attached hydrogen (secondary N) is 2. The van der Waals surface area contributed by atoms with E-state index in [9.17, 15) is 14.9 Å². The SMILES string of the molecule is CNC(=O)c1cccc(CCNc2ncc([N+](=O)[O-])s2)c1. The summed E-state index contributed by atoms with van der Waals surface area (Å²) in [7, 11) is 1.59. The van der Waals surface area contributed by atoms with Gasteiger partial charge in [-0.15, -0.1) is 0 Å². The number of anilines is 1. The van der Waals surface area contributed by atoms with Gasteiger partial charge in [0.25, 0.3) is 5.91 Å². The van der Waals surface area contributed by atoms with E-state index < -0.39 is 4.92 Å². The third kappa shape index (κ3) is 3.99. The van der Waals surface area contributed by atoms with E-state index in [1.807, 2.05) is 18.2 Å². The molecule has 8 heteroatoms. The van der Waals surface area contributed by atoms with Crippen molar-refractivity contribution in [2.45, 2.75) is 6.42 Å². The molecule has 0 aliphatic heterocycles. The monoisotopic (exact) mass is 306 g/mol. The number of aromatic nitrogens is 1. The lowest BCUT2D eigenvalue weighted by Gasteiger charge is -2.05. The number of carbonyl (C=O) groups excluding carboxylic acids is 1. The molecule has 0 radical (unpaired) electrons. The summed E-state index contributed by atoms with van der Waals surface area (Å²) in [5.41, 5.74) is 1.62. The minimum Gasteiger partial charge on any atom is -0.361 e. The molecule has 0 aliphatic rings. The molecule has 0 aliphatic carbocycles. The second kappa shape index (κ2) is 6.80. The van der Waals surface area contributed by atoms with Crippen molar-refractivity contribution in [2.24, 2.45) is 0 Å². The van der Waals surface area contributed by atoms with Crippen molar-refractivity contribution in [3.05, 3.63) is 51.7 Å². The Labute approximate surface area is 125 Å². The molecule has 0 spiro atoms. The van der Waals surface area contributed by atoms with Crippen molar-refractivity contribution in [3.8, 4) is 0 Å². The van der Waals surface area contributed by atoms with E-state index in [1.165, 1.54) is 6.20 Å². The summed E-state index contributed by atoms with van der Waals surface area (Å²) in [5.74, 6) is -0.125. The second-order valence-corrected chi connectivity index (χ2v) is 5.23. The smallest absolute Gasteiger partial charge is 0.345 e. The molecular weight excluding hydrogens is 292 g/mol. The fourth-order valence-corrected chi connectivity index (χ4v) is 2.42. The molecular formula is C13H14N4O3S. The number of hydrogen-bond donors (Lipinski definition) is 2. The predicted molar refractivity (Wildman–Crippen MR) is 80.8 cm³/mol. The van der Waals surface area contributed by atoms with Gasteiger partial charge in [0.1, 0.15) is 6.20 Å². The van der Waals surface area contributed by atoms with Crippen molar-refractivity contribution in [2.75, 3.05) is 18.9 Å². The van der Waals surface area contributed by atoms with Crippen LogP contribution in [0.25, 0.3) is 0 Å². The third-order valence-electron chi connectivity index (χ3n) is 2.78. The first-order valence-electron chi connectivity index (χ1n) is 6.25. The molecule has 1 aromatic heterocycles. The van der Waals surface area contributed by atoms with Crippen molar-refractivity contribution in [1.82, 2.24) is 10.3 Å². The highest BCUT2D eigenvalue weighted by molar-refractivity contribution is 7.18. The van der Waals surface area contributed by atoms with Gasteiger partial charge in [0, 0.05) is 19.2 Å². The van der Waals surface area contributed by atoms with Gasteiger partial charge in [0.2, 0.25) is 0 Å². The van der Waals surface area contributed by atoms with Gasteiger partial charge >= 0.3 is 5.00 Å². The standard InChI is InChI=1S/C13H14N4O3S/c1-14-12(18)10-4-2-3-9(7-10)5-6-15-13-16-8-11(21-13)17(19)20/h2-4,7-8H,5-6H2,1H3,(H,14,18)(H,15,16). The van der Waals surface area contributed by atoms with Crippen molar-refractivity contribution in [1.29, 1.82) is 0 Å². The maximum atomic E-state index is 11.5. The number of rotatable bonds is 6. The Morgan fingerprint density at radius 1 is 1.48 bits per heavy atom. The molecule has 2 N–H and O–H groups in total. The fourth-order valence-electron chi connectivity index (χ4n) is 1.76. The van der Waals surface area contributed by atoms with Crippen LogP contribution in [0.2, 0.25) is 0 Å². The van der Waals surface area contributed by atoms with Crippen LogP contribution in [0.4, 0.5) is 10.1 Å². The fraction of sp³-hybridized carbons (Fsp3) is 0.231. The van der Waals surface area contributed by atoms with Crippen LogP contribution in [0.1, 0.15) is 15.9 Å². The molecule has 0 unspecified atom stereocenters. The lowest BCUT2D eigenvalue weighted by atomic mass is 10.1. The highest BCUT2D eigenvalue weighted by atomic mass is 32.1. The van der Waals surface area contributed by atoms with Gasteiger partial charge in [-0.25, -0.2) is 4.98 Å². The molecule has 1 aromatic carbocycles. The van der Waals surface area contributed by atoms with E-state index in [2.05, 4.69) is 15.6 Å². The molecule has 2 aromatic rings. The topological polar surface area (TPSA) is 97.2 Å². The first-order chi connectivity index (χ1) is 10.1. The quantitative estimate of drug-likeness (QED) is 0.629. The zero-order valence-electron chi connectivity index (χ0n) is 11.3. The predicted octanol–water partition coefficient (Wildman–Crippen LogP) is 2.07. The lowest BCUT2D eigenvalue weighted by Crippen LogP contribution is -2.18. The number of carbonyl (C=O) groups is 1. The molecule has 0 bridgehead atoms. The number of nitro groups is 1. The largest absolute Gasteiger partial charge is 0.361 e. The first kappa shape index (κ1) is 14.9. The summed E-state index contributed by atoms with van der Waals surface area (Å²) in [4.78, 5) is 25.5. The Balaban J connectivity index is 1.91. The Morgan fingerprint density at radius 3 is 2.95 bits per heavy atom. The van der Waals surface area contributed by atoms with Crippen LogP contribution >= 0.6 is 11.3 Å². The zero-order chi connectivity index (χ0) is 15.2. The molecule has 1 amide bonds. The Morgan fingerprint density at radius 2 is 2.29 bits per heavy atom. The number of nitrogens with zero attached hydrogens (tertiary/aromatic N) is 2. The van der Waals surface area contributed by atoms with Gasteiger partial charge in [0.05, 0.1) is 4.92 Å². The van der Waals surface area contributed by atoms with Gasteiger partial charge < -0.3 is 10.6 Å². The van der Waals surface area contributed by atoms with Crippen LogP contribution in [0.15, 0.2) is 30.5 Å². The van der Waals surface area contributed by atoms with Crippen LogP contribution < -0.4 is 10.6 Å². The highest BCUT2D eigenvalue weighted by Gasteiger charge is 2.10. The molecule has 0 saturated heterocycles. The minimum atomic E-state index is -0.463. The van der Waals surface area contributed by atoms with E-state index in [-0.39, 0.29) is 10.9 Å². The van der Waals surface area contributed by atoms with Gasteiger partial charge in [-0.3, -0.25) is 14.9 Å². The summed E-state index contributed by atoms with van der Waals surface area (Å²) in [6.45, 7) is 0.585. The Kier molecular flexibility index (Phi) is 4.83. The lowest BCUT2D eigenvalue weighted by molar-refractivity contribution is -0.380. The second-order valence-electron chi connectivity index (χ2n) is 4.22. The highest BCUT2D eigenvalue weighted by Crippen LogP contribution is 2.24. The summed E-state index contributed by atoms with van der Waals surface area (Å²) >= 11 is 1.00. The molecule has 21 heavy (non-hydrogen) atoms. The molecule has 2 rings (SSSR count). The van der Waals surface area contributed by atoms with Crippen LogP contribution in [0, 0.1) is 10.1 Å². The summed E-state index contributed by atoms with van der Waals surface area (Å²) in [6.07, 6.45) is 1.93. The van der Waals surface area contributed by atoms with Gasteiger partial charge in [-0.1, -0.05) is 12.1 Å². The number of benzene rings is 1. The normalized spacial score (nSPS) is 10.1. The number of thiazole rings is 1. The molecule has 110 valence electrons. The average molecular weight is 306 g/mol. The first-order valence-corrected chi connectivity index (χ1v) is 7.07. The van der Waals surface area contributed by atoms with Crippen LogP contribution in [0.3, 0.4) is 0 Å². The van der Waals surface area contributed by atoms with E-state index >= 15 is 0 Å². The van der Waals surface area contributed by atoms with Crippen molar-refractivity contribution < 1.29 is 9.72 Å². The van der Waals surface area contributed by atoms with Crippen LogP contribution in [-0.4, -0.2) is 29.4 Å². The van der Waals surface area contributed by atoms with Gasteiger partial charge in [-0.05, 0) is 35.5 Å². The van der Waals surface area contributed by atoms with Crippen LogP contribution in [-0.2, 0) is 6.42 Å². The summed E-state index contributed by atoms with van der Waals surface area (Å²) < 4.78 is 0. The third-order valence-corrected chi connectivity index (χ3v) is 3.69. The molecule has 0 atom stereocenters. The van der Waals surface area contributed by atoms with Crippen molar-refractivity contribution >= 4 is 27.4 Å². The Hall–Kier alpha value is -2.48. The van der Waals surface area contributed by atoms with Crippen molar-refractivity contribution in [3.63, 3.8) is 0 Å². The van der Waals surface area contributed by atoms with E-state index in [1.54, 1.807) is 13.1 Å². The van der Waals surface area contributed by atoms with E-state index in [0.717, 1.165) is 16.9 Å². The number of amides is 1. The van der Waals surface area contributed by atoms with Gasteiger partial charge in [-0.2, -0.15) is 0 Å². The van der Waals surface area contributed by atoms with E-state index in [4.69, 9.17) is 0 Å². The molecule has 0 fully saturated rings. The molecule has 1 heterocycles. The summed E-state index contributed by atoms with van der Waals surface area (Å²) in [5, 5.41) is 16.7. The van der Waals surface area contributed by atoms with Crippen LogP contribution in [0.5, 0.6) is 0 Å². The molecule has 7 nitrogen and oxygen atoms in total. The Bertz CT molecular complexity index is 656.